The highest BCUT2D eigenvalue weighted by Crippen LogP contribution is 2.16. The summed E-state index contributed by atoms with van der Waals surface area (Å²) in [5, 5.41) is 23.3. The van der Waals surface area contributed by atoms with Crippen LogP contribution in [0.5, 0.6) is 0 Å². The molecule has 0 rings (SSSR count). The third kappa shape index (κ3) is 34.7. The number of nitrogens with one attached hydrogen (secondary N) is 1. The van der Waals surface area contributed by atoms with E-state index in [1.54, 1.807) is 6.08 Å². The minimum Gasteiger partial charge on any atom is -0.387 e. The van der Waals surface area contributed by atoms with E-state index in [9.17, 15) is 28.0 Å². The summed E-state index contributed by atoms with van der Waals surface area (Å²) in [6.45, 7) is 4.43. The molecule has 0 saturated carbocycles. The molecule has 0 spiro atoms. The van der Waals surface area contributed by atoms with Crippen LogP contribution in [0.3, 0.4) is 0 Å². The molecule has 0 heterocycles. The first-order valence-electron chi connectivity index (χ1n) is 20.3. The van der Waals surface area contributed by atoms with Crippen molar-refractivity contribution >= 4 is 16.0 Å². The monoisotopic (exact) mass is 712 g/mol. The first kappa shape index (κ1) is 47.5. The maximum Gasteiger partial charge on any atom is 0.267 e. The molecule has 1 amide bonds. The molecule has 0 bridgehead atoms. The summed E-state index contributed by atoms with van der Waals surface area (Å²) in [6, 6.07) is -1.25. The molecular weight excluding hydrogens is 635 g/mol. The van der Waals surface area contributed by atoms with Crippen molar-refractivity contribution in [1.29, 1.82) is 0 Å². The Bertz CT molecular complexity index is 932. The molecule has 49 heavy (non-hydrogen) atoms. The van der Waals surface area contributed by atoms with Crippen LogP contribution in [0.15, 0.2) is 36.5 Å². The van der Waals surface area contributed by atoms with Crippen LogP contribution in [-0.4, -0.2) is 53.1 Å². The fourth-order valence-corrected chi connectivity index (χ4v) is 6.76. The largest absolute Gasteiger partial charge is 0.387 e. The predicted molar refractivity (Wildman–Crippen MR) is 208 cm³/mol. The van der Waals surface area contributed by atoms with Crippen molar-refractivity contribution < 1.29 is 28.0 Å². The average molecular weight is 712 g/mol. The number of carbonyl (C=O) groups is 1. The molecule has 4 N–H and O–H groups in total. The smallest absolute Gasteiger partial charge is 0.267 e. The summed E-state index contributed by atoms with van der Waals surface area (Å²) < 4.78 is 32.4. The molecule has 0 aliphatic heterocycles. The minimum absolute atomic E-state index is 0.274. The fourth-order valence-electron chi connectivity index (χ4n) is 6.02. The average Bonchev–Trinajstić information content (AvgIpc) is 3.06. The van der Waals surface area contributed by atoms with E-state index in [0.717, 1.165) is 51.4 Å². The van der Waals surface area contributed by atoms with Gasteiger partial charge in [-0.15, -0.1) is 0 Å². The molecule has 0 aromatic heterocycles. The molecule has 0 fully saturated rings. The van der Waals surface area contributed by atoms with Crippen LogP contribution in [0.1, 0.15) is 194 Å². The number of aliphatic hydroxyl groups is 2. The van der Waals surface area contributed by atoms with E-state index in [0.29, 0.717) is 12.8 Å². The lowest BCUT2D eigenvalue weighted by molar-refractivity contribution is -0.130. The van der Waals surface area contributed by atoms with Gasteiger partial charge in [0.1, 0.15) is 6.10 Å². The maximum atomic E-state index is 12.6. The van der Waals surface area contributed by atoms with Crippen molar-refractivity contribution in [3.05, 3.63) is 36.5 Å². The van der Waals surface area contributed by atoms with Gasteiger partial charge in [-0.25, -0.2) is 0 Å². The van der Waals surface area contributed by atoms with Crippen molar-refractivity contribution in [2.45, 2.75) is 212 Å². The van der Waals surface area contributed by atoms with Gasteiger partial charge < -0.3 is 15.5 Å². The van der Waals surface area contributed by atoms with E-state index in [1.807, 2.05) is 0 Å². The number of hydrogen-bond acceptors (Lipinski definition) is 5. The molecule has 0 saturated heterocycles. The van der Waals surface area contributed by atoms with E-state index in [1.165, 1.54) is 115 Å². The maximum absolute atomic E-state index is 12.6. The van der Waals surface area contributed by atoms with Gasteiger partial charge in [0, 0.05) is 0 Å². The SMILES string of the molecule is CCC/C=C/CC/C=C/CC/C=C/C(O)C(CS(=O)(=O)O)NC(=O)C(O)CCCCCCCCCCCCCCCCCCCCCCC. The van der Waals surface area contributed by atoms with E-state index < -0.39 is 40.0 Å². The van der Waals surface area contributed by atoms with Crippen molar-refractivity contribution in [2.75, 3.05) is 5.75 Å². The lowest BCUT2D eigenvalue weighted by Gasteiger charge is -2.22. The number of unbranched alkanes of at least 4 members (excludes halogenated alkanes) is 23. The summed E-state index contributed by atoms with van der Waals surface area (Å²) in [5.74, 6) is -1.56. The number of aliphatic hydroxyl groups excluding tert-OH is 2. The van der Waals surface area contributed by atoms with Crippen molar-refractivity contribution in [1.82, 2.24) is 5.32 Å². The molecule has 3 unspecified atom stereocenters. The number of hydrogen-bond donors (Lipinski definition) is 4. The molecule has 3 atom stereocenters. The Labute approximate surface area is 302 Å². The second-order valence-corrected chi connectivity index (χ2v) is 15.5. The summed E-state index contributed by atoms with van der Waals surface area (Å²) in [6.07, 6.45) is 42.2. The molecular formula is C41H77NO6S. The van der Waals surface area contributed by atoms with Gasteiger partial charge >= 0.3 is 0 Å². The fraction of sp³-hybridized carbons (Fsp3) is 0.829. The zero-order chi connectivity index (χ0) is 36.3. The van der Waals surface area contributed by atoms with Gasteiger partial charge in [0.05, 0.1) is 17.9 Å². The highest BCUT2D eigenvalue weighted by Gasteiger charge is 2.27. The number of carbonyl (C=O) groups excluding carboxylic acids is 1. The lowest BCUT2D eigenvalue weighted by atomic mass is 10.0. The normalized spacial score (nSPS) is 14.3. The molecule has 0 radical (unpaired) electrons. The van der Waals surface area contributed by atoms with Gasteiger partial charge in [-0.2, -0.15) is 8.42 Å². The summed E-state index contributed by atoms with van der Waals surface area (Å²) in [4.78, 5) is 12.6. The Morgan fingerprint density at radius 3 is 1.31 bits per heavy atom. The van der Waals surface area contributed by atoms with Crippen LogP contribution in [0.4, 0.5) is 0 Å². The van der Waals surface area contributed by atoms with Gasteiger partial charge in [-0.3, -0.25) is 9.35 Å². The van der Waals surface area contributed by atoms with Gasteiger partial charge in [-0.1, -0.05) is 192 Å². The van der Waals surface area contributed by atoms with Gasteiger partial charge in [-0.05, 0) is 38.5 Å². The van der Waals surface area contributed by atoms with Crippen LogP contribution < -0.4 is 5.32 Å². The number of allylic oxidation sites excluding steroid dienone is 5. The van der Waals surface area contributed by atoms with Crippen molar-refractivity contribution in [2.24, 2.45) is 0 Å². The molecule has 7 nitrogen and oxygen atoms in total. The first-order valence-corrected chi connectivity index (χ1v) is 21.9. The Morgan fingerprint density at radius 1 is 0.551 bits per heavy atom. The lowest BCUT2D eigenvalue weighted by Crippen LogP contribution is -2.50. The van der Waals surface area contributed by atoms with Crippen molar-refractivity contribution in [3.8, 4) is 0 Å². The Hall–Kier alpha value is -1.48. The van der Waals surface area contributed by atoms with Gasteiger partial charge in [0.25, 0.3) is 10.1 Å². The van der Waals surface area contributed by atoms with Crippen LogP contribution in [0.2, 0.25) is 0 Å². The van der Waals surface area contributed by atoms with E-state index >= 15 is 0 Å². The zero-order valence-corrected chi connectivity index (χ0v) is 32.5. The molecule has 0 aliphatic carbocycles. The van der Waals surface area contributed by atoms with E-state index in [-0.39, 0.29) is 6.42 Å². The minimum atomic E-state index is -4.45. The van der Waals surface area contributed by atoms with Crippen LogP contribution in [0, 0.1) is 0 Å². The second kappa shape index (κ2) is 34.9. The number of amides is 1. The number of rotatable bonds is 36. The molecule has 0 aromatic rings. The quantitative estimate of drug-likeness (QED) is 0.0291. The third-order valence-corrected chi connectivity index (χ3v) is 9.92. The first-order chi connectivity index (χ1) is 23.7. The van der Waals surface area contributed by atoms with Crippen LogP contribution in [0.25, 0.3) is 0 Å². The highest BCUT2D eigenvalue weighted by atomic mass is 32.2. The predicted octanol–water partition coefficient (Wildman–Crippen LogP) is 10.7. The highest BCUT2D eigenvalue weighted by molar-refractivity contribution is 7.85. The molecule has 0 aliphatic rings. The standard InChI is InChI=1S/C41H77NO6S/c1-3-5-7-9-11-13-15-16-17-18-19-20-21-22-23-24-26-28-30-32-34-36-40(44)41(45)42-38(37-49(46,47)48)39(43)35-33-31-29-27-25-14-12-10-8-6-4-2/h8,10,25,27,33,35,38-40,43-44H,3-7,9,11-24,26,28-32,34,36-37H2,1-2H3,(H,42,45)(H,46,47,48)/b10-8+,27-25+,35-33+. The summed E-state index contributed by atoms with van der Waals surface area (Å²) in [7, 11) is -4.45. The zero-order valence-electron chi connectivity index (χ0n) is 31.7. The third-order valence-electron chi connectivity index (χ3n) is 9.14. The van der Waals surface area contributed by atoms with Crippen molar-refractivity contribution in [3.63, 3.8) is 0 Å². The summed E-state index contributed by atoms with van der Waals surface area (Å²) in [5.41, 5.74) is 0. The topological polar surface area (TPSA) is 124 Å². The second-order valence-electron chi connectivity index (χ2n) is 14.0. The Morgan fingerprint density at radius 2 is 0.918 bits per heavy atom. The summed E-state index contributed by atoms with van der Waals surface area (Å²) >= 11 is 0. The van der Waals surface area contributed by atoms with Gasteiger partial charge in [0.2, 0.25) is 5.91 Å². The van der Waals surface area contributed by atoms with E-state index in [4.69, 9.17) is 0 Å². The Kier molecular flexibility index (Phi) is 33.9. The van der Waals surface area contributed by atoms with E-state index in [2.05, 4.69) is 43.5 Å². The molecule has 288 valence electrons. The molecule has 0 aromatic carbocycles. The van der Waals surface area contributed by atoms with Crippen LogP contribution in [-0.2, 0) is 14.9 Å². The Balaban J connectivity index is 3.96. The van der Waals surface area contributed by atoms with Gasteiger partial charge in [0.15, 0.2) is 0 Å². The molecule has 8 heteroatoms. The van der Waals surface area contributed by atoms with Crippen LogP contribution >= 0.6 is 0 Å².